The number of furan rings is 1. The summed E-state index contributed by atoms with van der Waals surface area (Å²) < 4.78 is 6.54. The van der Waals surface area contributed by atoms with Gasteiger partial charge in [0.25, 0.3) is 0 Å². The Morgan fingerprint density at radius 1 is 0.590 bits per heavy atom. The second-order valence-corrected chi connectivity index (χ2v) is 9.40. The van der Waals surface area contributed by atoms with Crippen molar-refractivity contribution in [2.45, 2.75) is 38.8 Å². The summed E-state index contributed by atoms with van der Waals surface area (Å²) >= 11 is 0. The van der Waals surface area contributed by atoms with Gasteiger partial charge in [-0.1, -0.05) is 86.6 Å². The van der Waals surface area contributed by atoms with Gasteiger partial charge in [0.1, 0.15) is 11.2 Å². The molecule has 0 saturated carbocycles. The van der Waals surface area contributed by atoms with E-state index in [4.69, 9.17) is 4.42 Å². The fourth-order valence-corrected chi connectivity index (χ4v) is 4.91. The van der Waals surface area contributed by atoms with Gasteiger partial charge in [-0.15, -0.1) is 0 Å². The first kappa shape index (κ1) is 25.9. The Bertz CT molecular complexity index is 1460. The molecule has 0 fully saturated rings. The van der Waals surface area contributed by atoms with Crippen molar-refractivity contribution < 1.29 is 14.0 Å². The molecule has 1 aromatic heterocycles. The molecule has 2 atom stereocenters. The molecule has 5 aromatic rings. The molecule has 4 aromatic carbocycles. The Morgan fingerprint density at radius 2 is 1.00 bits per heavy atom. The van der Waals surface area contributed by atoms with Crippen molar-refractivity contribution in [2.75, 3.05) is 10.6 Å². The van der Waals surface area contributed by atoms with Crippen LogP contribution in [0.5, 0.6) is 0 Å². The van der Waals surface area contributed by atoms with Crippen LogP contribution in [0.2, 0.25) is 0 Å². The van der Waals surface area contributed by atoms with E-state index in [0.29, 0.717) is 12.8 Å². The average Bonchev–Trinajstić information content (AvgIpc) is 3.35. The zero-order valence-electron chi connectivity index (χ0n) is 22.0. The van der Waals surface area contributed by atoms with Gasteiger partial charge in [-0.2, -0.15) is 0 Å². The summed E-state index contributed by atoms with van der Waals surface area (Å²) in [5.74, 6) is 0. The molecule has 1 heterocycles. The third kappa shape index (κ3) is 5.72. The maximum absolute atomic E-state index is 12.8. The van der Waals surface area contributed by atoms with Crippen molar-refractivity contribution in [3.63, 3.8) is 0 Å². The maximum atomic E-state index is 12.8. The Morgan fingerprint density at radius 3 is 1.38 bits per heavy atom. The van der Waals surface area contributed by atoms with Crippen LogP contribution in [0.25, 0.3) is 21.9 Å². The minimum absolute atomic E-state index is 0.252. The smallest absolute Gasteiger partial charge is 0.319 e. The lowest BCUT2D eigenvalue weighted by molar-refractivity contribution is 0.247. The van der Waals surface area contributed by atoms with Crippen LogP contribution in [0.3, 0.4) is 0 Å². The molecule has 7 nitrogen and oxygen atoms in total. The monoisotopic (exact) mass is 520 g/mol. The van der Waals surface area contributed by atoms with E-state index < -0.39 is 0 Å². The SMILES string of the molecule is CC[C@@H](NC(=O)Nc1ccccc1)c1cccc2c1oc1c([C@@H](CC)NC(=O)Nc3ccccc3)cccc12. The van der Waals surface area contributed by atoms with E-state index in [1.165, 1.54) is 0 Å². The number of rotatable bonds is 8. The average molecular weight is 521 g/mol. The predicted molar refractivity (Wildman–Crippen MR) is 157 cm³/mol. The van der Waals surface area contributed by atoms with Gasteiger partial charge >= 0.3 is 12.1 Å². The molecule has 4 N–H and O–H groups in total. The van der Waals surface area contributed by atoms with Crippen LogP contribution in [-0.2, 0) is 0 Å². The molecule has 5 rings (SSSR count). The van der Waals surface area contributed by atoms with Gasteiger partial charge in [-0.05, 0) is 37.1 Å². The zero-order valence-corrected chi connectivity index (χ0v) is 22.0. The van der Waals surface area contributed by atoms with Crippen LogP contribution in [0, 0.1) is 0 Å². The summed E-state index contributed by atoms with van der Waals surface area (Å²) in [4.78, 5) is 25.6. The third-order valence-electron chi connectivity index (χ3n) is 6.83. The number of urea groups is 2. The second kappa shape index (κ2) is 11.7. The summed E-state index contributed by atoms with van der Waals surface area (Å²) in [6.07, 6.45) is 1.37. The van der Waals surface area contributed by atoms with Crippen molar-refractivity contribution in [1.29, 1.82) is 0 Å². The van der Waals surface area contributed by atoms with E-state index in [9.17, 15) is 9.59 Å². The number of anilines is 2. The third-order valence-corrected chi connectivity index (χ3v) is 6.83. The first-order valence-corrected chi connectivity index (χ1v) is 13.3. The normalized spacial score (nSPS) is 12.6. The quantitative estimate of drug-likeness (QED) is 0.166. The summed E-state index contributed by atoms with van der Waals surface area (Å²) in [6, 6.07) is 29.7. The van der Waals surface area contributed by atoms with Crippen molar-refractivity contribution in [2.24, 2.45) is 0 Å². The standard InChI is InChI=1S/C32H32N4O3/c1-3-27(35-31(37)33-21-13-7-5-8-14-21)25-19-11-17-23-24-18-12-20-26(30(24)39-29(23)25)28(4-2)36-32(38)34-22-15-9-6-10-16-22/h5-20,27-28H,3-4H2,1-2H3,(H2,33,35,37)(H2,34,36,38)/t27-,28-/m1/s1. The lowest BCUT2D eigenvalue weighted by atomic mass is 9.99. The highest BCUT2D eigenvalue weighted by Crippen LogP contribution is 2.37. The fourth-order valence-electron chi connectivity index (χ4n) is 4.91. The van der Waals surface area contributed by atoms with E-state index in [1.54, 1.807) is 0 Å². The molecule has 7 heteroatoms. The number of carbonyl (C=O) groups is 2. The number of hydrogen-bond acceptors (Lipinski definition) is 3. The molecule has 0 radical (unpaired) electrons. The number of amides is 4. The van der Waals surface area contributed by atoms with Gasteiger partial charge in [0.05, 0.1) is 12.1 Å². The minimum Gasteiger partial charge on any atom is -0.455 e. The van der Waals surface area contributed by atoms with Crippen molar-refractivity contribution in [1.82, 2.24) is 10.6 Å². The number of hydrogen-bond donors (Lipinski definition) is 4. The predicted octanol–water partition coefficient (Wildman–Crippen LogP) is 8.13. The topological polar surface area (TPSA) is 95.4 Å². The molecule has 4 amide bonds. The highest BCUT2D eigenvalue weighted by atomic mass is 16.3. The van der Waals surface area contributed by atoms with Crippen LogP contribution in [-0.4, -0.2) is 12.1 Å². The lowest BCUT2D eigenvalue weighted by Crippen LogP contribution is -2.32. The van der Waals surface area contributed by atoms with Crippen molar-refractivity contribution >= 4 is 45.4 Å². The summed E-state index contributed by atoms with van der Waals surface area (Å²) in [6.45, 7) is 4.06. The van der Waals surface area contributed by atoms with Gasteiger partial charge < -0.3 is 25.7 Å². The van der Waals surface area contributed by atoms with Gasteiger partial charge in [-0.25, -0.2) is 9.59 Å². The number of nitrogens with one attached hydrogen (secondary N) is 4. The molecule has 0 saturated heterocycles. The molecule has 0 spiro atoms. The number of fused-ring (bicyclic) bond motifs is 3. The van der Waals surface area contributed by atoms with Gasteiger partial charge in [0.15, 0.2) is 0 Å². The van der Waals surface area contributed by atoms with Gasteiger partial charge in [0, 0.05) is 33.3 Å². The van der Waals surface area contributed by atoms with Crippen LogP contribution < -0.4 is 21.3 Å². The zero-order chi connectivity index (χ0) is 27.2. The molecule has 198 valence electrons. The minimum atomic E-state index is -0.276. The first-order chi connectivity index (χ1) is 19.1. The van der Waals surface area contributed by atoms with Gasteiger partial charge in [0.2, 0.25) is 0 Å². The maximum Gasteiger partial charge on any atom is 0.319 e. The Hall–Kier alpha value is -4.78. The van der Waals surface area contributed by atoms with Crippen LogP contribution in [0.1, 0.15) is 49.9 Å². The highest BCUT2D eigenvalue weighted by molar-refractivity contribution is 6.07. The molecule has 39 heavy (non-hydrogen) atoms. The van der Waals surface area contributed by atoms with E-state index in [1.807, 2.05) is 111 Å². The summed E-state index contributed by atoms with van der Waals surface area (Å²) in [5, 5.41) is 13.9. The largest absolute Gasteiger partial charge is 0.455 e. The number of benzene rings is 4. The van der Waals surface area contributed by atoms with E-state index in [-0.39, 0.29) is 24.1 Å². The summed E-state index contributed by atoms with van der Waals surface area (Å²) in [7, 11) is 0. The Labute approximate surface area is 227 Å². The highest BCUT2D eigenvalue weighted by Gasteiger charge is 2.23. The Kier molecular flexibility index (Phi) is 7.78. The molecule has 0 aliphatic rings. The molecular weight excluding hydrogens is 488 g/mol. The van der Waals surface area contributed by atoms with Gasteiger partial charge in [-0.3, -0.25) is 0 Å². The molecule has 0 aliphatic heterocycles. The van der Waals surface area contributed by atoms with Crippen LogP contribution >= 0.6 is 0 Å². The molecular formula is C32H32N4O3. The summed E-state index contributed by atoms with van der Waals surface area (Å²) in [5.41, 5.74) is 4.73. The van der Waals surface area contributed by atoms with Crippen LogP contribution in [0.4, 0.5) is 21.0 Å². The second-order valence-electron chi connectivity index (χ2n) is 9.40. The molecule has 0 bridgehead atoms. The number of para-hydroxylation sites is 4. The van der Waals surface area contributed by atoms with E-state index in [0.717, 1.165) is 44.4 Å². The lowest BCUT2D eigenvalue weighted by Gasteiger charge is -2.18. The fraction of sp³-hybridized carbons (Fsp3) is 0.188. The van der Waals surface area contributed by atoms with Crippen molar-refractivity contribution in [3.8, 4) is 0 Å². The van der Waals surface area contributed by atoms with Crippen LogP contribution in [0.15, 0.2) is 101 Å². The van der Waals surface area contributed by atoms with Crippen molar-refractivity contribution in [3.05, 3.63) is 108 Å². The molecule has 0 aliphatic carbocycles. The van der Waals surface area contributed by atoms with E-state index in [2.05, 4.69) is 21.3 Å². The molecule has 0 unspecified atom stereocenters. The first-order valence-electron chi connectivity index (χ1n) is 13.3. The van der Waals surface area contributed by atoms with E-state index >= 15 is 0 Å². The Balaban J connectivity index is 1.44. The number of carbonyl (C=O) groups excluding carboxylic acids is 2.